The smallest absolute Gasteiger partial charge is 0.274 e. The maximum absolute atomic E-state index is 13.6. The first-order valence-electron chi connectivity index (χ1n) is 7.36. The van der Waals surface area contributed by atoms with E-state index in [1.54, 1.807) is 19.2 Å². The lowest BCUT2D eigenvalue weighted by atomic mass is 10.1. The van der Waals surface area contributed by atoms with E-state index in [4.69, 9.17) is 4.74 Å². The van der Waals surface area contributed by atoms with Gasteiger partial charge in [0.15, 0.2) is 0 Å². The van der Waals surface area contributed by atoms with Crippen molar-refractivity contribution in [3.63, 3.8) is 0 Å². The molecule has 6 nitrogen and oxygen atoms in total. The van der Waals surface area contributed by atoms with E-state index in [-0.39, 0.29) is 23.8 Å². The van der Waals surface area contributed by atoms with E-state index < -0.39 is 17.2 Å². The summed E-state index contributed by atoms with van der Waals surface area (Å²) in [6.07, 6.45) is 0.289. The van der Waals surface area contributed by atoms with Gasteiger partial charge in [-0.1, -0.05) is 12.1 Å². The average Bonchev–Trinajstić information content (AvgIpc) is 2.60. The van der Waals surface area contributed by atoms with Crippen LogP contribution < -0.4 is 15.6 Å². The molecule has 0 aliphatic rings. The van der Waals surface area contributed by atoms with Crippen LogP contribution in [0.15, 0.2) is 47.3 Å². The number of aromatic nitrogens is 3. The molecule has 0 fully saturated rings. The fourth-order valence-electron chi connectivity index (χ4n) is 2.19. The summed E-state index contributed by atoms with van der Waals surface area (Å²) in [5, 5.41) is 10.3. The van der Waals surface area contributed by atoms with Crippen molar-refractivity contribution in [1.29, 1.82) is 0 Å². The highest BCUT2D eigenvalue weighted by atomic mass is 19.1. The third kappa shape index (κ3) is 3.97. The molecule has 0 saturated carbocycles. The van der Waals surface area contributed by atoms with E-state index in [1.165, 1.54) is 6.07 Å². The Hall–Kier alpha value is -3.29. The summed E-state index contributed by atoms with van der Waals surface area (Å²) in [6.45, 7) is 0. The minimum atomic E-state index is -0.801. The van der Waals surface area contributed by atoms with Crippen molar-refractivity contribution in [2.75, 3.05) is 12.4 Å². The molecule has 0 aliphatic heterocycles. The van der Waals surface area contributed by atoms with Gasteiger partial charge in [-0.25, -0.2) is 8.78 Å². The predicted molar refractivity (Wildman–Crippen MR) is 88.1 cm³/mol. The van der Waals surface area contributed by atoms with Crippen LogP contribution >= 0.6 is 0 Å². The number of anilines is 2. The average molecular weight is 344 g/mol. The SMILES string of the molecule is COc1ccc(Cc2nnc(Nc3ccc(F)cc3F)[nH]c2=O)cc1. The van der Waals surface area contributed by atoms with E-state index >= 15 is 0 Å². The third-order valence-electron chi connectivity index (χ3n) is 3.48. The molecular weight excluding hydrogens is 330 g/mol. The number of H-pyrrole nitrogens is 1. The van der Waals surface area contributed by atoms with Crippen molar-refractivity contribution in [1.82, 2.24) is 15.2 Å². The van der Waals surface area contributed by atoms with Crippen LogP contribution in [0.2, 0.25) is 0 Å². The molecule has 1 aromatic heterocycles. The molecule has 0 atom stereocenters. The number of hydrogen-bond acceptors (Lipinski definition) is 5. The van der Waals surface area contributed by atoms with Gasteiger partial charge >= 0.3 is 0 Å². The summed E-state index contributed by atoms with van der Waals surface area (Å²) in [5.41, 5.74) is 0.617. The first-order chi connectivity index (χ1) is 12.0. The van der Waals surface area contributed by atoms with Crippen molar-refractivity contribution >= 4 is 11.6 Å². The highest BCUT2D eigenvalue weighted by molar-refractivity contribution is 5.53. The number of rotatable bonds is 5. The molecule has 0 saturated heterocycles. The number of nitrogens with zero attached hydrogens (tertiary/aromatic N) is 2. The first-order valence-corrected chi connectivity index (χ1v) is 7.36. The van der Waals surface area contributed by atoms with Gasteiger partial charge < -0.3 is 10.1 Å². The fraction of sp³-hybridized carbons (Fsp3) is 0.118. The number of nitrogens with one attached hydrogen (secondary N) is 2. The first kappa shape index (κ1) is 16.6. The molecule has 0 amide bonds. The quantitative estimate of drug-likeness (QED) is 0.744. The summed E-state index contributed by atoms with van der Waals surface area (Å²) in [5.74, 6) is -0.818. The van der Waals surface area contributed by atoms with Crippen molar-refractivity contribution in [3.8, 4) is 5.75 Å². The van der Waals surface area contributed by atoms with Crippen LogP contribution in [0.25, 0.3) is 0 Å². The Morgan fingerprint density at radius 1 is 1.12 bits per heavy atom. The summed E-state index contributed by atoms with van der Waals surface area (Å²) < 4.78 is 31.6. The van der Waals surface area contributed by atoms with Crippen LogP contribution in [0.3, 0.4) is 0 Å². The monoisotopic (exact) mass is 344 g/mol. The van der Waals surface area contributed by atoms with Gasteiger partial charge in [0.25, 0.3) is 5.56 Å². The summed E-state index contributed by atoms with van der Waals surface area (Å²) >= 11 is 0. The second-order valence-corrected chi connectivity index (χ2v) is 5.22. The zero-order valence-corrected chi connectivity index (χ0v) is 13.2. The highest BCUT2D eigenvalue weighted by Gasteiger charge is 2.09. The Morgan fingerprint density at radius 2 is 1.88 bits per heavy atom. The van der Waals surface area contributed by atoms with Crippen molar-refractivity contribution in [2.24, 2.45) is 0 Å². The summed E-state index contributed by atoms with van der Waals surface area (Å²) in [6, 6.07) is 10.2. The lowest BCUT2D eigenvalue weighted by molar-refractivity contribution is 0.414. The zero-order chi connectivity index (χ0) is 17.8. The Bertz CT molecular complexity index is 942. The standard InChI is InChI=1S/C17H14F2N4O2/c1-25-12-5-2-10(3-6-12)8-15-16(24)21-17(23-22-15)20-14-7-4-11(18)9-13(14)19/h2-7,9H,8H2,1H3,(H2,20,21,23,24). The largest absolute Gasteiger partial charge is 0.497 e. The molecule has 2 N–H and O–H groups in total. The van der Waals surface area contributed by atoms with Gasteiger partial charge in [0.2, 0.25) is 5.95 Å². The van der Waals surface area contributed by atoms with E-state index in [0.717, 1.165) is 17.7 Å². The van der Waals surface area contributed by atoms with E-state index in [0.29, 0.717) is 5.75 Å². The van der Waals surface area contributed by atoms with Gasteiger partial charge in [0.1, 0.15) is 23.1 Å². The number of benzene rings is 2. The van der Waals surface area contributed by atoms with E-state index in [2.05, 4.69) is 20.5 Å². The summed E-state index contributed by atoms with van der Waals surface area (Å²) in [7, 11) is 1.57. The van der Waals surface area contributed by atoms with E-state index in [9.17, 15) is 13.6 Å². The molecule has 3 rings (SSSR count). The van der Waals surface area contributed by atoms with Crippen LogP contribution in [0.5, 0.6) is 5.75 Å². The second kappa shape index (κ2) is 7.08. The molecule has 2 aromatic carbocycles. The second-order valence-electron chi connectivity index (χ2n) is 5.22. The maximum atomic E-state index is 13.6. The molecule has 1 heterocycles. The van der Waals surface area contributed by atoms with E-state index in [1.807, 2.05) is 12.1 Å². The van der Waals surface area contributed by atoms with Crippen LogP contribution in [0.4, 0.5) is 20.4 Å². The number of hydrogen-bond donors (Lipinski definition) is 2. The number of ether oxygens (including phenoxy) is 1. The highest BCUT2D eigenvalue weighted by Crippen LogP contribution is 2.17. The van der Waals surface area contributed by atoms with Crippen LogP contribution in [-0.2, 0) is 6.42 Å². The molecule has 0 radical (unpaired) electrons. The molecule has 0 unspecified atom stereocenters. The Morgan fingerprint density at radius 3 is 2.52 bits per heavy atom. The normalized spacial score (nSPS) is 10.5. The predicted octanol–water partition coefficient (Wildman–Crippen LogP) is 2.79. The minimum Gasteiger partial charge on any atom is -0.497 e. The van der Waals surface area contributed by atoms with Crippen molar-refractivity contribution in [3.05, 3.63) is 75.7 Å². The number of halogens is 2. The number of methoxy groups -OCH3 is 1. The van der Waals surface area contributed by atoms with Crippen LogP contribution in [0, 0.1) is 11.6 Å². The van der Waals surface area contributed by atoms with Crippen LogP contribution in [-0.4, -0.2) is 22.3 Å². The lowest BCUT2D eigenvalue weighted by Gasteiger charge is -2.07. The van der Waals surface area contributed by atoms with Crippen LogP contribution in [0.1, 0.15) is 11.3 Å². The molecule has 0 aliphatic carbocycles. The zero-order valence-electron chi connectivity index (χ0n) is 13.2. The molecule has 0 bridgehead atoms. The van der Waals surface area contributed by atoms with Gasteiger partial charge in [-0.05, 0) is 29.8 Å². The molecular formula is C17H14F2N4O2. The van der Waals surface area contributed by atoms with Gasteiger partial charge in [0, 0.05) is 12.5 Å². The molecule has 8 heteroatoms. The molecule has 128 valence electrons. The Labute approximate surface area is 141 Å². The molecule has 0 spiro atoms. The Balaban J connectivity index is 1.77. The Kier molecular flexibility index (Phi) is 4.69. The third-order valence-corrected chi connectivity index (χ3v) is 3.48. The summed E-state index contributed by atoms with van der Waals surface area (Å²) in [4.78, 5) is 14.6. The van der Waals surface area contributed by atoms with Gasteiger partial charge in [0.05, 0.1) is 12.8 Å². The minimum absolute atomic E-state index is 0.0192. The fourth-order valence-corrected chi connectivity index (χ4v) is 2.19. The van der Waals surface area contributed by atoms with Gasteiger partial charge in [-0.2, -0.15) is 0 Å². The maximum Gasteiger partial charge on any atom is 0.274 e. The topological polar surface area (TPSA) is 79.9 Å². The van der Waals surface area contributed by atoms with Gasteiger partial charge in [-0.15, -0.1) is 10.2 Å². The molecule has 3 aromatic rings. The van der Waals surface area contributed by atoms with Crippen molar-refractivity contribution < 1.29 is 13.5 Å². The molecule has 25 heavy (non-hydrogen) atoms. The lowest BCUT2D eigenvalue weighted by Crippen LogP contribution is -2.19. The number of aromatic amines is 1. The van der Waals surface area contributed by atoms with Gasteiger partial charge in [-0.3, -0.25) is 9.78 Å². The van der Waals surface area contributed by atoms with Crippen molar-refractivity contribution in [2.45, 2.75) is 6.42 Å².